The molecule has 2 aromatic rings. The van der Waals surface area contributed by atoms with Crippen molar-refractivity contribution in [3.8, 4) is 0 Å². The molecular weight excluding hydrogens is 456 g/mol. The van der Waals surface area contributed by atoms with Gasteiger partial charge in [0.15, 0.2) is 0 Å². The molecule has 2 aromatic carbocycles. The Labute approximate surface area is 212 Å². The highest BCUT2D eigenvalue weighted by molar-refractivity contribution is 6.04. The van der Waals surface area contributed by atoms with E-state index in [2.05, 4.69) is 10.6 Å². The average molecular weight is 491 g/mol. The average Bonchev–Trinajstić information content (AvgIpc) is 3.29. The summed E-state index contributed by atoms with van der Waals surface area (Å²) in [6, 6.07) is 14.7. The van der Waals surface area contributed by atoms with Gasteiger partial charge < -0.3 is 20.4 Å². The van der Waals surface area contributed by atoms with Gasteiger partial charge in [-0.1, -0.05) is 36.8 Å². The van der Waals surface area contributed by atoms with Crippen LogP contribution in [0.2, 0.25) is 0 Å². The molecule has 1 atom stereocenters. The molecule has 1 unspecified atom stereocenters. The highest BCUT2D eigenvalue weighted by Gasteiger charge is 2.38. The number of nitrogens with zero attached hydrogens (tertiary/aromatic N) is 2. The zero-order chi connectivity index (χ0) is 25.7. The second-order valence-corrected chi connectivity index (χ2v) is 9.63. The van der Waals surface area contributed by atoms with Gasteiger partial charge in [0.25, 0.3) is 5.91 Å². The number of aryl methyl sites for hydroxylation is 1. The Bertz CT molecular complexity index is 1120. The number of para-hydroxylation sites is 1. The van der Waals surface area contributed by atoms with E-state index in [0.717, 1.165) is 17.7 Å². The smallest absolute Gasteiger partial charge is 0.253 e. The Balaban J connectivity index is 1.31. The number of benzene rings is 2. The Morgan fingerprint density at radius 1 is 0.972 bits per heavy atom. The Kier molecular flexibility index (Phi) is 8.03. The lowest BCUT2D eigenvalue weighted by molar-refractivity contribution is -0.138. The summed E-state index contributed by atoms with van der Waals surface area (Å²) < 4.78 is 0. The molecule has 0 aliphatic carbocycles. The number of carbonyl (C=O) groups is 4. The van der Waals surface area contributed by atoms with Gasteiger partial charge in [-0.2, -0.15) is 0 Å². The van der Waals surface area contributed by atoms with E-state index in [0.29, 0.717) is 50.3 Å². The highest BCUT2D eigenvalue weighted by atomic mass is 16.2. The van der Waals surface area contributed by atoms with Crippen molar-refractivity contribution in [1.29, 1.82) is 0 Å². The van der Waals surface area contributed by atoms with Crippen LogP contribution < -0.4 is 15.5 Å². The summed E-state index contributed by atoms with van der Waals surface area (Å²) in [4.78, 5) is 54.6. The number of nitrogens with one attached hydrogen (secondary N) is 2. The van der Waals surface area contributed by atoms with Crippen molar-refractivity contribution in [3.05, 3.63) is 59.7 Å². The number of piperidine rings is 1. The van der Waals surface area contributed by atoms with E-state index in [-0.39, 0.29) is 41.9 Å². The third-order valence-corrected chi connectivity index (χ3v) is 6.96. The summed E-state index contributed by atoms with van der Waals surface area (Å²) in [7, 11) is 0. The summed E-state index contributed by atoms with van der Waals surface area (Å²) in [5, 5.41) is 5.76. The van der Waals surface area contributed by atoms with Crippen LogP contribution in [-0.4, -0.2) is 54.7 Å². The topological polar surface area (TPSA) is 98.8 Å². The first-order valence-electron chi connectivity index (χ1n) is 12.7. The lowest BCUT2D eigenvalue weighted by Crippen LogP contribution is -2.44. The molecule has 0 spiro atoms. The molecule has 190 valence electrons. The van der Waals surface area contributed by atoms with E-state index in [4.69, 9.17) is 0 Å². The number of rotatable bonds is 7. The van der Waals surface area contributed by atoms with Gasteiger partial charge in [-0.05, 0) is 50.5 Å². The van der Waals surface area contributed by atoms with E-state index in [1.807, 2.05) is 38.1 Å². The molecule has 4 rings (SSSR count). The van der Waals surface area contributed by atoms with Crippen molar-refractivity contribution in [2.24, 2.45) is 11.8 Å². The van der Waals surface area contributed by atoms with E-state index in [1.54, 1.807) is 34.1 Å². The van der Waals surface area contributed by atoms with Crippen LogP contribution in [0.25, 0.3) is 0 Å². The minimum Gasteiger partial charge on any atom is -0.352 e. The van der Waals surface area contributed by atoms with Gasteiger partial charge >= 0.3 is 0 Å². The van der Waals surface area contributed by atoms with Crippen molar-refractivity contribution >= 4 is 35.0 Å². The highest BCUT2D eigenvalue weighted by Crippen LogP contribution is 2.28. The van der Waals surface area contributed by atoms with Crippen LogP contribution in [0.3, 0.4) is 0 Å². The molecule has 0 radical (unpaired) electrons. The minimum atomic E-state index is -0.363. The Morgan fingerprint density at radius 3 is 2.36 bits per heavy atom. The Hall–Kier alpha value is -3.68. The van der Waals surface area contributed by atoms with Crippen molar-refractivity contribution in [2.45, 2.75) is 39.5 Å². The first-order valence-corrected chi connectivity index (χ1v) is 12.7. The molecular formula is C28H34N4O4. The van der Waals surface area contributed by atoms with Crippen molar-refractivity contribution in [1.82, 2.24) is 10.2 Å². The number of amides is 4. The number of carbonyl (C=O) groups excluding carboxylic acids is 4. The maximum Gasteiger partial charge on any atom is 0.253 e. The third kappa shape index (κ3) is 5.75. The van der Waals surface area contributed by atoms with E-state index < -0.39 is 0 Å². The van der Waals surface area contributed by atoms with Gasteiger partial charge in [-0.3, -0.25) is 19.2 Å². The fraction of sp³-hybridized carbons (Fsp3) is 0.429. The molecule has 2 N–H and O–H groups in total. The van der Waals surface area contributed by atoms with E-state index >= 15 is 0 Å². The zero-order valence-electron chi connectivity index (χ0n) is 21.0. The molecule has 2 heterocycles. The lowest BCUT2D eigenvalue weighted by Gasteiger charge is -2.33. The molecule has 4 amide bonds. The third-order valence-electron chi connectivity index (χ3n) is 6.96. The summed E-state index contributed by atoms with van der Waals surface area (Å²) in [5.74, 6) is -1.01. The second-order valence-electron chi connectivity index (χ2n) is 9.63. The summed E-state index contributed by atoms with van der Waals surface area (Å²) in [6.45, 7) is 5.89. The first-order chi connectivity index (χ1) is 17.4. The summed E-state index contributed by atoms with van der Waals surface area (Å²) >= 11 is 0. The first kappa shape index (κ1) is 25.4. The molecule has 2 fully saturated rings. The van der Waals surface area contributed by atoms with Gasteiger partial charge in [0.05, 0.1) is 17.2 Å². The van der Waals surface area contributed by atoms with Gasteiger partial charge in [0.2, 0.25) is 17.7 Å². The largest absolute Gasteiger partial charge is 0.352 e. The van der Waals surface area contributed by atoms with Gasteiger partial charge in [-0.15, -0.1) is 0 Å². The van der Waals surface area contributed by atoms with Crippen LogP contribution in [0.5, 0.6) is 0 Å². The van der Waals surface area contributed by atoms with Crippen LogP contribution in [-0.2, 0) is 14.4 Å². The van der Waals surface area contributed by atoms with E-state index in [9.17, 15) is 19.2 Å². The maximum absolute atomic E-state index is 13.2. The quantitative estimate of drug-likeness (QED) is 0.622. The van der Waals surface area contributed by atoms with Crippen LogP contribution in [0.1, 0.15) is 48.5 Å². The Morgan fingerprint density at radius 2 is 1.67 bits per heavy atom. The van der Waals surface area contributed by atoms with Crippen molar-refractivity contribution < 1.29 is 19.2 Å². The predicted molar refractivity (Wildman–Crippen MR) is 139 cm³/mol. The SMILES string of the molecule is CCCNC(=O)c1ccccc1NC(=O)C1CCN(C(=O)C2CC(=O)N(c3ccc(C)cc3)C2)CC1. The molecule has 36 heavy (non-hydrogen) atoms. The lowest BCUT2D eigenvalue weighted by atomic mass is 9.94. The zero-order valence-corrected chi connectivity index (χ0v) is 21.0. The van der Waals surface area contributed by atoms with E-state index in [1.165, 1.54) is 0 Å². The molecule has 2 aliphatic heterocycles. The van der Waals surface area contributed by atoms with Crippen LogP contribution in [0.15, 0.2) is 48.5 Å². The van der Waals surface area contributed by atoms with Gasteiger partial charge in [0, 0.05) is 44.2 Å². The molecule has 0 saturated carbocycles. The van der Waals surface area contributed by atoms with Crippen molar-refractivity contribution in [3.63, 3.8) is 0 Å². The molecule has 0 aromatic heterocycles. The molecule has 2 saturated heterocycles. The molecule has 2 aliphatic rings. The van der Waals surface area contributed by atoms with Crippen LogP contribution >= 0.6 is 0 Å². The number of anilines is 2. The number of likely N-dealkylation sites (tertiary alicyclic amines) is 1. The number of hydrogen-bond donors (Lipinski definition) is 2. The fourth-order valence-corrected chi connectivity index (χ4v) is 4.83. The van der Waals surface area contributed by atoms with Crippen LogP contribution in [0.4, 0.5) is 11.4 Å². The monoisotopic (exact) mass is 490 g/mol. The summed E-state index contributed by atoms with van der Waals surface area (Å²) in [6.07, 6.45) is 2.13. The fourth-order valence-electron chi connectivity index (χ4n) is 4.83. The summed E-state index contributed by atoms with van der Waals surface area (Å²) in [5.41, 5.74) is 2.87. The van der Waals surface area contributed by atoms with Crippen molar-refractivity contribution in [2.75, 3.05) is 36.4 Å². The molecule has 8 heteroatoms. The number of hydrogen-bond acceptors (Lipinski definition) is 4. The molecule has 8 nitrogen and oxygen atoms in total. The van der Waals surface area contributed by atoms with Gasteiger partial charge in [-0.25, -0.2) is 0 Å². The predicted octanol–water partition coefficient (Wildman–Crippen LogP) is 3.37. The standard InChI is InChI=1S/C28H34N4O4/c1-3-14-29-27(35)23-6-4-5-7-24(23)30-26(34)20-12-15-31(16-13-20)28(36)21-17-25(33)32(18-21)22-10-8-19(2)9-11-22/h4-11,20-21H,3,12-18H2,1-2H3,(H,29,35)(H,30,34). The van der Waals surface area contributed by atoms with Gasteiger partial charge in [0.1, 0.15) is 0 Å². The normalized spacial score (nSPS) is 18.3. The van der Waals surface area contributed by atoms with Crippen LogP contribution in [0, 0.1) is 18.8 Å². The second kappa shape index (κ2) is 11.4. The molecule has 0 bridgehead atoms. The minimum absolute atomic E-state index is 0.0187. The maximum atomic E-state index is 13.2.